The van der Waals surface area contributed by atoms with Gasteiger partial charge in [0.2, 0.25) is 0 Å². The summed E-state index contributed by atoms with van der Waals surface area (Å²) in [6, 6.07) is 32.0. The molecule has 0 fully saturated rings. The van der Waals surface area contributed by atoms with Crippen LogP contribution in [0.2, 0.25) is 0 Å². The molecule has 0 aliphatic rings. The molecule has 0 saturated carbocycles. The molecule has 2 nitrogen and oxygen atoms in total. The first-order valence-corrected chi connectivity index (χ1v) is 13.2. The average molecular weight is 493 g/mol. The van der Waals surface area contributed by atoms with E-state index in [1.807, 2.05) is 12.1 Å². The summed E-state index contributed by atoms with van der Waals surface area (Å²) in [7, 11) is 0. The van der Waals surface area contributed by atoms with Crippen LogP contribution in [0, 0.1) is 0 Å². The maximum absolute atomic E-state index is 9.68. The van der Waals surface area contributed by atoms with E-state index < -0.39 is 0 Å². The maximum atomic E-state index is 9.68. The number of ether oxygens (including phenoxy) is 1. The Hall–Kier alpha value is -3.52. The highest BCUT2D eigenvalue weighted by Gasteiger charge is 2.14. The quantitative estimate of drug-likeness (QED) is 0.280. The summed E-state index contributed by atoms with van der Waals surface area (Å²) in [4.78, 5) is 0. The summed E-state index contributed by atoms with van der Waals surface area (Å²) in [6.45, 7) is 13.0. The normalized spacial score (nSPS) is 11.9. The summed E-state index contributed by atoms with van der Waals surface area (Å²) >= 11 is 0. The van der Waals surface area contributed by atoms with Crippen LogP contribution in [-0.2, 0) is 24.7 Å². The minimum atomic E-state index is -0.204. The van der Waals surface area contributed by atoms with Crippen LogP contribution in [0.5, 0.6) is 11.5 Å². The molecular formula is C35H40O2. The van der Waals surface area contributed by atoms with Crippen molar-refractivity contribution in [2.75, 3.05) is 0 Å². The van der Waals surface area contributed by atoms with Crippen molar-refractivity contribution in [1.82, 2.24) is 0 Å². The molecule has 4 aromatic rings. The number of hydrogen-bond acceptors (Lipinski definition) is 2. The number of benzene rings is 4. The monoisotopic (exact) mass is 492 g/mol. The lowest BCUT2D eigenvalue weighted by atomic mass is 9.86. The highest BCUT2D eigenvalue weighted by atomic mass is 16.5. The van der Waals surface area contributed by atoms with Crippen LogP contribution >= 0.6 is 0 Å². The molecule has 192 valence electrons. The molecule has 0 heterocycles. The number of phenolic OH excluding ortho intramolecular Hbond substituents is 1. The lowest BCUT2D eigenvalue weighted by Gasteiger charge is -2.21. The van der Waals surface area contributed by atoms with Gasteiger partial charge in [-0.15, -0.1) is 0 Å². The van der Waals surface area contributed by atoms with E-state index in [4.69, 9.17) is 4.74 Å². The van der Waals surface area contributed by atoms with Crippen molar-refractivity contribution >= 4 is 0 Å². The van der Waals surface area contributed by atoms with Crippen molar-refractivity contribution in [3.63, 3.8) is 0 Å². The highest BCUT2D eigenvalue weighted by Crippen LogP contribution is 2.25. The van der Waals surface area contributed by atoms with Crippen LogP contribution in [0.1, 0.15) is 80.5 Å². The van der Waals surface area contributed by atoms with Crippen molar-refractivity contribution in [3.8, 4) is 11.5 Å². The second-order valence-electron chi connectivity index (χ2n) is 12.2. The van der Waals surface area contributed by atoms with E-state index in [1.165, 1.54) is 38.9 Å². The first-order chi connectivity index (χ1) is 17.4. The molecule has 0 bridgehead atoms. The molecule has 0 spiro atoms. The largest absolute Gasteiger partial charge is 0.508 e. The second kappa shape index (κ2) is 10.8. The molecule has 0 radical (unpaired) electrons. The predicted molar refractivity (Wildman–Crippen MR) is 155 cm³/mol. The van der Waals surface area contributed by atoms with Gasteiger partial charge in [-0.05, 0) is 109 Å². The molecule has 0 aromatic heterocycles. The van der Waals surface area contributed by atoms with Gasteiger partial charge in [-0.3, -0.25) is 0 Å². The van der Waals surface area contributed by atoms with Gasteiger partial charge in [0.25, 0.3) is 0 Å². The zero-order valence-electron chi connectivity index (χ0n) is 23.1. The lowest BCUT2D eigenvalue weighted by Crippen LogP contribution is -2.22. The Bertz CT molecular complexity index is 1300. The van der Waals surface area contributed by atoms with Gasteiger partial charge in [-0.2, -0.15) is 0 Å². The third-order valence-electron chi connectivity index (χ3n) is 6.44. The predicted octanol–water partition coefficient (Wildman–Crippen LogP) is 8.64. The Morgan fingerprint density at radius 3 is 1.27 bits per heavy atom. The maximum Gasteiger partial charge on any atom is 0.120 e. The molecule has 4 rings (SSSR count). The summed E-state index contributed by atoms with van der Waals surface area (Å²) in [5.74, 6) is 1.20. The van der Waals surface area contributed by atoms with Gasteiger partial charge < -0.3 is 9.84 Å². The highest BCUT2D eigenvalue weighted by molar-refractivity contribution is 5.41. The Kier molecular flexibility index (Phi) is 7.78. The fourth-order valence-corrected chi connectivity index (χ4v) is 4.62. The van der Waals surface area contributed by atoms with Crippen LogP contribution in [0.3, 0.4) is 0 Å². The average Bonchev–Trinajstić information content (AvgIpc) is 2.81. The first-order valence-electron chi connectivity index (χ1n) is 13.2. The van der Waals surface area contributed by atoms with Gasteiger partial charge in [0.1, 0.15) is 17.1 Å². The molecule has 0 aliphatic carbocycles. The smallest absolute Gasteiger partial charge is 0.120 e. The third kappa shape index (κ3) is 7.98. The van der Waals surface area contributed by atoms with Crippen LogP contribution in [0.4, 0.5) is 0 Å². The van der Waals surface area contributed by atoms with Crippen LogP contribution in [0.25, 0.3) is 0 Å². The second-order valence-corrected chi connectivity index (χ2v) is 12.2. The van der Waals surface area contributed by atoms with Gasteiger partial charge in [-0.1, -0.05) is 87.5 Å². The SMILES string of the molecule is CC(C)(C)Oc1ccc(Cc2cc(Cc3ccc(O)cc3)cc(Cc3ccc(C(C)(C)C)cc3)c2)cc1. The molecule has 0 unspecified atom stereocenters. The van der Waals surface area contributed by atoms with Crippen molar-refractivity contribution in [3.05, 3.63) is 130 Å². The van der Waals surface area contributed by atoms with Gasteiger partial charge in [0.05, 0.1) is 0 Å². The third-order valence-corrected chi connectivity index (χ3v) is 6.44. The minimum Gasteiger partial charge on any atom is -0.508 e. The van der Waals surface area contributed by atoms with Crippen molar-refractivity contribution in [2.24, 2.45) is 0 Å². The molecule has 2 heteroatoms. The van der Waals surface area contributed by atoms with E-state index >= 15 is 0 Å². The number of phenols is 1. The Morgan fingerprint density at radius 2 is 0.892 bits per heavy atom. The van der Waals surface area contributed by atoms with Gasteiger partial charge >= 0.3 is 0 Å². The first kappa shape index (κ1) is 26.5. The molecule has 0 amide bonds. The van der Waals surface area contributed by atoms with Crippen molar-refractivity contribution in [2.45, 2.75) is 71.8 Å². The topological polar surface area (TPSA) is 29.5 Å². The van der Waals surface area contributed by atoms with Gasteiger partial charge in [0, 0.05) is 0 Å². The number of hydrogen-bond donors (Lipinski definition) is 1. The summed E-state index contributed by atoms with van der Waals surface area (Å²) < 4.78 is 6.00. The molecule has 0 saturated heterocycles. The Balaban J connectivity index is 1.59. The van der Waals surface area contributed by atoms with Crippen molar-refractivity contribution < 1.29 is 9.84 Å². The molecular weight excluding hydrogens is 452 g/mol. The molecule has 4 aromatic carbocycles. The fourth-order valence-electron chi connectivity index (χ4n) is 4.62. The fraction of sp³-hybridized carbons (Fsp3) is 0.314. The van der Waals surface area contributed by atoms with Gasteiger partial charge in [0.15, 0.2) is 0 Å². The molecule has 0 atom stereocenters. The Labute approximate surface area is 223 Å². The van der Waals surface area contributed by atoms with Crippen LogP contribution in [-0.4, -0.2) is 10.7 Å². The summed E-state index contributed by atoms with van der Waals surface area (Å²) in [5.41, 5.74) is 9.01. The number of rotatable bonds is 7. The van der Waals surface area contributed by atoms with E-state index in [0.29, 0.717) is 5.75 Å². The van der Waals surface area contributed by atoms with E-state index in [-0.39, 0.29) is 11.0 Å². The lowest BCUT2D eigenvalue weighted by molar-refractivity contribution is 0.131. The minimum absolute atomic E-state index is 0.156. The summed E-state index contributed by atoms with van der Waals surface area (Å²) in [5, 5.41) is 9.68. The standard InChI is InChI=1S/C35H40O2/c1-34(2,3)31-13-7-25(8-14-31)19-28-22-29(20-26-9-15-32(36)16-10-26)24-30(23-28)21-27-11-17-33(18-12-27)37-35(4,5)6/h7-18,22-24,36H,19-21H2,1-6H3. The van der Waals surface area contributed by atoms with E-state index in [1.54, 1.807) is 12.1 Å². The van der Waals surface area contributed by atoms with E-state index in [0.717, 1.165) is 25.0 Å². The Morgan fingerprint density at radius 1 is 0.514 bits per heavy atom. The van der Waals surface area contributed by atoms with E-state index in [2.05, 4.69) is 108 Å². The summed E-state index contributed by atoms with van der Waals surface area (Å²) in [6.07, 6.45) is 2.61. The van der Waals surface area contributed by atoms with Crippen molar-refractivity contribution in [1.29, 1.82) is 0 Å². The molecule has 0 aliphatic heterocycles. The molecule has 1 N–H and O–H groups in total. The van der Waals surface area contributed by atoms with E-state index in [9.17, 15) is 5.11 Å². The zero-order chi connectivity index (χ0) is 26.6. The van der Waals surface area contributed by atoms with Gasteiger partial charge in [-0.25, -0.2) is 0 Å². The molecule has 37 heavy (non-hydrogen) atoms. The zero-order valence-corrected chi connectivity index (χ0v) is 23.1. The number of aromatic hydroxyl groups is 1. The van der Waals surface area contributed by atoms with Crippen LogP contribution < -0.4 is 4.74 Å². The van der Waals surface area contributed by atoms with Crippen LogP contribution in [0.15, 0.2) is 91.0 Å².